The zero-order valence-electron chi connectivity index (χ0n) is 13.6. The molecule has 0 aliphatic carbocycles. The van der Waals surface area contributed by atoms with Gasteiger partial charge >= 0.3 is 0 Å². The van der Waals surface area contributed by atoms with Crippen LogP contribution in [0.2, 0.25) is 0 Å². The third-order valence-electron chi connectivity index (χ3n) is 3.73. The summed E-state index contributed by atoms with van der Waals surface area (Å²) in [6.45, 7) is 4.82. The van der Waals surface area contributed by atoms with E-state index in [1.54, 1.807) is 0 Å². The van der Waals surface area contributed by atoms with Gasteiger partial charge in [-0.15, -0.1) is 0 Å². The fourth-order valence-corrected chi connectivity index (χ4v) is 3.48. The monoisotopic (exact) mass is 442 g/mol. The van der Waals surface area contributed by atoms with Gasteiger partial charge in [-0.3, -0.25) is 0 Å². The lowest BCUT2D eigenvalue weighted by molar-refractivity contribution is 0.231. The van der Waals surface area contributed by atoms with E-state index >= 15 is 0 Å². The molecule has 0 amide bonds. The number of rotatable bonds is 8. The van der Waals surface area contributed by atoms with Crippen molar-refractivity contribution in [3.63, 3.8) is 0 Å². The van der Waals surface area contributed by atoms with Crippen LogP contribution in [0.15, 0.2) is 8.95 Å². The van der Waals surface area contributed by atoms with E-state index in [0.29, 0.717) is 44.1 Å². The van der Waals surface area contributed by atoms with Gasteiger partial charge in [-0.2, -0.15) is 10.5 Å². The summed E-state index contributed by atoms with van der Waals surface area (Å²) in [5.74, 6) is 1.16. The molecule has 1 atom stereocenters. The molecule has 1 aromatic carbocycles. The normalized spacial score (nSPS) is 11.4. The molecule has 1 rings (SSSR count). The molecule has 0 fully saturated rings. The number of benzene rings is 1. The highest BCUT2D eigenvalue weighted by Crippen LogP contribution is 2.44. The molecule has 0 radical (unpaired) electrons. The Morgan fingerprint density at radius 3 is 2.09 bits per heavy atom. The second-order valence-electron chi connectivity index (χ2n) is 5.19. The van der Waals surface area contributed by atoms with Crippen molar-refractivity contribution < 1.29 is 9.47 Å². The van der Waals surface area contributed by atoms with Crippen LogP contribution in [0.5, 0.6) is 11.5 Å². The Hall–Kier alpha value is -1.24. The largest absolute Gasteiger partial charge is 0.494 e. The number of ether oxygens (including phenoxy) is 2. The fourth-order valence-electron chi connectivity index (χ4n) is 2.27. The number of methoxy groups -OCH3 is 1. The van der Waals surface area contributed by atoms with Gasteiger partial charge in [-0.25, -0.2) is 0 Å². The summed E-state index contributed by atoms with van der Waals surface area (Å²) >= 11 is 6.73. The van der Waals surface area contributed by atoms with Crippen LogP contribution in [-0.2, 0) is 0 Å². The molecular formula is C17H20Br2N2O2. The summed E-state index contributed by atoms with van der Waals surface area (Å²) in [7, 11) is 1.47. The van der Waals surface area contributed by atoms with E-state index in [1.165, 1.54) is 7.11 Å². The van der Waals surface area contributed by atoms with Gasteiger partial charge in [0.2, 0.25) is 0 Å². The first kappa shape index (κ1) is 19.8. The first-order chi connectivity index (χ1) is 11.0. The lowest BCUT2D eigenvalue weighted by Gasteiger charge is -2.19. The van der Waals surface area contributed by atoms with Gasteiger partial charge in [0.1, 0.15) is 23.3 Å². The molecule has 0 saturated heterocycles. The van der Waals surface area contributed by atoms with Crippen LogP contribution in [0, 0.1) is 28.6 Å². The number of hydrogen-bond donors (Lipinski definition) is 0. The molecule has 0 saturated carbocycles. The van der Waals surface area contributed by atoms with Crippen LogP contribution in [0.1, 0.15) is 50.7 Å². The third-order valence-corrected chi connectivity index (χ3v) is 5.24. The molecule has 1 unspecified atom stereocenters. The number of hydrogen-bond acceptors (Lipinski definition) is 4. The Morgan fingerprint density at radius 1 is 1.04 bits per heavy atom. The molecule has 0 heterocycles. The molecular weight excluding hydrogens is 424 g/mol. The predicted octanol–water partition coefficient (Wildman–Crippen LogP) is 5.56. The van der Waals surface area contributed by atoms with Crippen molar-refractivity contribution >= 4 is 31.9 Å². The van der Waals surface area contributed by atoms with Crippen molar-refractivity contribution in [2.75, 3.05) is 13.7 Å². The van der Waals surface area contributed by atoms with Crippen LogP contribution < -0.4 is 9.47 Å². The topological polar surface area (TPSA) is 66.0 Å². The molecule has 23 heavy (non-hydrogen) atoms. The maximum Gasteiger partial charge on any atom is 0.154 e. The Balaban J connectivity index is 3.19. The first-order valence-electron chi connectivity index (χ1n) is 7.57. The summed E-state index contributed by atoms with van der Waals surface area (Å²) in [5.41, 5.74) is 0.646. The highest BCUT2D eigenvalue weighted by atomic mass is 79.9. The van der Waals surface area contributed by atoms with E-state index < -0.39 is 0 Å². The molecule has 0 aromatic heterocycles. The summed E-state index contributed by atoms with van der Waals surface area (Å²) in [6, 6.07) is 4.22. The minimum atomic E-state index is 0.315. The molecule has 0 spiro atoms. The van der Waals surface area contributed by atoms with Crippen LogP contribution >= 0.6 is 31.9 Å². The van der Waals surface area contributed by atoms with E-state index in [0.717, 1.165) is 25.7 Å². The van der Waals surface area contributed by atoms with Gasteiger partial charge in [0.05, 0.1) is 22.7 Å². The standard InChI is InChI=1S/C17H20Br2N2O2/c1-4-6-7-11(5-2)10-23-17-13(9-21)14(18)16(22-3)12(8-20)15(17)19/h11H,4-7,10H2,1-3H3. The van der Waals surface area contributed by atoms with Crippen molar-refractivity contribution in [1.29, 1.82) is 10.5 Å². The summed E-state index contributed by atoms with van der Waals surface area (Å²) in [5, 5.41) is 18.8. The van der Waals surface area contributed by atoms with Gasteiger partial charge in [-0.1, -0.05) is 33.1 Å². The van der Waals surface area contributed by atoms with Crippen molar-refractivity contribution in [1.82, 2.24) is 0 Å². The molecule has 4 nitrogen and oxygen atoms in total. The Labute approximate surface area is 154 Å². The van der Waals surface area contributed by atoms with E-state index in [-0.39, 0.29) is 0 Å². The zero-order valence-corrected chi connectivity index (χ0v) is 16.8. The number of unbranched alkanes of at least 4 members (excludes halogenated alkanes) is 1. The van der Waals surface area contributed by atoms with E-state index in [2.05, 4.69) is 57.8 Å². The fraction of sp³-hybridized carbons (Fsp3) is 0.529. The molecule has 6 heteroatoms. The van der Waals surface area contributed by atoms with Crippen LogP contribution in [0.4, 0.5) is 0 Å². The number of nitrogens with zero attached hydrogens (tertiary/aromatic N) is 2. The average Bonchev–Trinajstić information content (AvgIpc) is 2.56. The predicted molar refractivity (Wildman–Crippen MR) is 96.6 cm³/mol. The number of halogens is 2. The second-order valence-corrected chi connectivity index (χ2v) is 6.78. The van der Waals surface area contributed by atoms with Crippen molar-refractivity contribution in [3.8, 4) is 23.6 Å². The van der Waals surface area contributed by atoms with Crippen molar-refractivity contribution in [2.24, 2.45) is 5.92 Å². The Kier molecular flexibility index (Phi) is 8.44. The van der Waals surface area contributed by atoms with Gasteiger partial charge in [0, 0.05) is 0 Å². The lowest BCUT2D eigenvalue weighted by Crippen LogP contribution is -2.13. The van der Waals surface area contributed by atoms with Crippen molar-refractivity contribution in [3.05, 3.63) is 20.1 Å². The first-order valence-corrected chi connectivity index (χ1v) is 9.16. The molecule has 0 bridgehead atoms. The smallest absolute Gasteiger partial charge is 0.154 e. The molecule has 0 aliphatic heterocycles. The maximum absolute atomic E-state index is 9.45. The molecule has 0 N–H and O–H groups in total. The van der Waals surface area contributed by atoms with Gasteiger partial charge in [-0.05, 0) is 44.2 Å². The van der Waals surface area contributed by atoms with E-state index in [4.69, 9.17) is 9.47 Å². The third kappa shape index (κ3) is 4.62. The quantitative estimate of drug-likeness (QED) is 0.527. The molecule has 1 aromatic rings. The van der Waals surface area contributed by atoms with Crippen LogP contribution in [0.25, 0.3) is 0 Å². The highest BCUT2D eigenvalue weighted by molar-refractivity contribution is 9.11. The van der Waals surface area contributed by atoms with Crippen LogP contribution in [-0.4, -0.2) is 13.7 Å². The zero-order chi connectivity index (χ0) is 17.4. The summed E-state index contributed by atoms with van der Waals surface area (Å²) in [4.78, 5) is 0. The maximum atomic E-state index is 9.45. The van der Waals surface area contributed by atoms with E-state index in [1.807, 2.05) is 0 Å². The van der Waals surface area contributed by atoms with E-state index in [9.17, 15) is 10.5 Å². The molecule has 0 aliphatic rings. The Morgan fingerprint density at radius 2 is 1.61 bits per heavy atom. The average molecular weight is 444 g/mol. The van der Waals surface area contributed by atoms with Crippen molar-refractivity contribution in [2.45, 2.75) is 39.5 Å². The van der Waals surface area contributed by atoms with Gasteiger partial charge in [0.25, 0.3) is 0 Å². The summed E-state index contributed by atoms with van der Waals surface area (Å²) in [6.07, 6.45) is 4.41. The minimum absolute atomic E-state index is 0.315. The number of nitriles is 2. The lowest BCUT2D eigenvalue weighted by atomic mass is 10.0. The second kappa shape index (κ2) is 9.80. The highest BCUT2D eigenvalue weighted by Gasteiger charge is 2.24. The molecule has 124 valence electrons. The summed E-state index contributed by atoms with van der Waals surface area (Å²) < 4.78 is 12.1. The van der Waals surface area contributed by atoms with Crippen LogP contribution in [0.3, 0.4) is 0 Å². The minimum Gasteiger partial charge on any atom is -0.494 e. The Bertz CT molecular complexity index is 633. The SMILES string of the molecule is CCCCC(CC)COc1c(Br)c(C#N)c(OC)c(Br)c1C#N. The van der Waals surface area contributed by atoms with Gasteiger partial charge in [0.15, 0.2) is 11.5 Å². The van der Waals surface area contributed by atoms with Gasteiger partial charge < -0.3 is 9.47 Å².